The standard InChI is InChI=1S/C12H17NO2/c1-3-4-8-13(12(14)15)11-7-5-6-10(2)9-11/h5-7,9H,3-4,8H2,1-2H3,(H,14,15). The first-order valence-electron chi connectivity index (χ1n) is 5.22. The average molecular weight is 207 g/mol. The first-order chi connectivity index (χ1) is 7.15. The van der Waals surface area contributed by atoms with Crippen molar-refractivity contribution < 1.29 is 9.90 Å². The molecule has 0 aliphatic carbocycles. The second-order valence-corrected chi connectivity index (χ2v) is 3.63. The lowest BCUT2D eigenvalue weighted by molar-refractivity contribution is 0.201. The minimum absolute atomic E-state index is 0.565. The number of carboxylic acid groups (broad SMARTS) is 1. The molecule has 3 heteroatoms. The Hall–Kier alpha value is -1.51. The van der Waals surface area contributed by atoms with E-state index in [1.807, 2.05) is 31.2 Å². The summed E-state index contributed by atoms with van der Waals surface area (Å²) in [5.74, 6) is 0. The molecule has 1 amide bonds. The zero-order valence-electron chi connectivity index (χ0n) is 9.23. The number of unbranched alkanes of at least 4 members (excludes halogenated alkanes) is 1. The van der Waals surface area contributed by atoms with Crippen molar-refractivity contribution in [1.29, 1.82) is 0 Å². The molecule has 0 radical (unpaired) electrons. The number of benzene rings is 1. The maximum Gasteiger partial charge on any atom is 0.411 e. The van der Waals surface area contributed by atoms with Gasteiger partial charge in [0, 0.05) is 12.2 Å². The molecule has 0 saturated heterocycles. The largest absolute Gasteiger partial charge is 0.465 e. The lowest BCUT2D eigenvalue weighted by Crippen LogP contribution is -2.30. The van der Waals surface area contributed by atoms with Gasteiger partial charge < -0.3 is 5.11 Å². The van der Waals surface area contributed by atoms with Gasteiger partial charge in [0.2, 0.25) is 0 Å². The molecular formula is C12H17NO2. The zero-order chi connectivity index (χ0) is 11.3. The molecule has 0 heterocycles. The Morgan fingerprint density at radius 2 is 2.20 bits per heavy atom. The van der Waals surface area contributed by atoms with E-state index in [0.717, 1.165) is 24.1 Å². The molecule has 0 spiro atoms. The summed E-state index contributed by atoms with van der Waals surface area (Å²) in [5.41, 5.74) is 1.84. The number of rotatable bonds is 4. The molecule has 1 rings (SSSR count). The van der Waals surface area contributed by atoms with E-state index in [0.29, 0.717) is 6.54 Å². The molecule has 1 aromatic carbocycles. The van der Waals surface area contributed by atoms with E-state index in [2.05, 4.69) is 6.92 Å². The van der Waals surface area contributed by atoms with Gasteiger partial charge in [-0.15, -0.1) is 0 Å². The summed E-state index contributed by atoms with van der Waals surface area (Å²) >= 11 is 0. The molecular weight excluding hydrogens is 190 g/mol. The van der Waals surface area contributed by atoms with Crippen LogP contribution in [0, 0.1) is 6.92 Å². The average Bonchev–Trinajstić information content (AvgIpc) is 2.18. The number of aryl methyl sites for hydroxylation is 1. The molecule has 0 atom stereocenters. The van der Waals surface area contributed by atoms with E-state index < -0.39 is 6.09 Å². The van der Waals surface area contributed by atoms with Gasteiger partial charge >= 0.3 is 6.09 Å². The van der Waals surface area contributed by atoms with Gasteiger partial charge in [0.15, 0.2) is 0 Å². The molecule has 1 N–H and O–H groups in total. The van der Waals surface area contributed by atoms with Gasteiger partial charge in [0.05, 0.1) is 0 Å². The highest BCUT2D eigenvalue weighted by molar-refractivity contribution is 5.86. The Bertz CT molecular complexity index is 336. The minimum atomic E-state index is -0.881. The van der Waals surface area contributed by atoms with Crippen LogP contribution in [0.2, 0.25) is 0 Å². The number of amides is 1. The molecule has 0 unspecified atom stereocenters. The Balaban J connectivity index is 2.84. The van der Waals surface area contributed by atoms with E-state index in [-0.39, 0.29) is 0 Å². The minimum Gasteiger partial charge on any atom is -0.465 e. The first-order valence-corrected chi connectivity index (χ1v) is 5.22. The van der Waals surface area contributed by atoms with E-state index in [4.69, 9.17) is 5.11 Å². The van der Waals surface area contributed by atoms with Crippen molar-refractivity contribution in [2.45, 2.75) is 26.7 Å². The highest BCUT2D eigenvalue weighted by Crippen LogP contribution is 2.16. The number of nitrogens with zero attached hydrogens (tertiary/aromatic N) is 1. The van der Waals surface area contributed by atoms with Crippen LogP contribution < -0.4 is 4.90 Å². The highest BCUT2D eigenvalue weighted by atomic mass is 16.4. The van der Waals surface area contributed by atoms with Gasteiger partial charge in [-0.25, -0.2) is 4.79 Å². The smallest absolute Gasteiger partial charge is 0.411 e. The number of carbonyl (C=O) groups is 1. The van der Waals surface area contributed by atoms with Gasteiger partial charge in [-0.2, -0.15) is 0 Å². The second kappa shape index (κ2) is 5.39. The monoisotopic (exact) mass is 207 g/mol. The van der Waals surface area contributed by atoms with Gasteiger partial charge in [0.1, 0.15) is 0 Å². The summed E-state index contributed by atoms with van der Waals surface area (Å²) in [4.78, 5) is 12.4. The lowest BCUT2D eigenvalue weighted by atomic mass is 10.2. The van der Waals surface area contributed by atoms with Crippen molar-refractivity contribution in [3.05, 3.63) is 29.8 Å². The van der Waals surface area contributed by atoms with Gasteiger partial charge in [-0.05, 0) is 31.0 Å². The van der Waals surface area contributed by atoms with Crippen LogP contribution in [0.25, 0.3) is 0 Å². The summed E-state index contributed by atoms with van der Waals surface area (Å²) < 4.78 is 0. The molecule has 0 saturated carbocycles. The zero-order valence-corrected chi connectivity index (χ0v) is 9.23. The van der Waals surface area contributed by atoms with Crippen molar-refractivity contribution in [3.8, 4) is 0 Å². The maximum absolute atomic E-state index is 11.0. The number of hydrogen-bond donors (Lipinski definition) is 1. The fourth-order valence-corrected chi connectivity index (χ4v) is 1.45. The predicted octanol–water partition coefficient (Wildman–Crippen LogP) is 3.28. The van der Waals surface area contributed by atoms with Crippen LogP contribution in [0.1, 0.15) is 25.3 Å². The third-order valence-electron chi connectivity index (χ3n) is 2.28. The number of hydrogen-bond acceptors (Lipinski definition) is 1. The van der Waals surface area contributed by atoms with Gasteiger partial charge in [-0.3, -0.25) is 4.90 Å². The summed E-state index contributed by atoms with van der Waals surface area (Å²) in [5, 5.41) is 9.07. The molecule has 1 aromatic rings. The molecule has 0 aromatic heterocycles. The van der Waals surface area contributed by atoms with E-state index in [9.17, 15) is 4.79 Å². The molecule has 82 valence electrons. The quantitative estimate of drug-likeness (QED) is 0.823. The number of anilines is 1. The Morgan fingerprint density at radius 3 is 2.73 bits per heavy atom. The van der Waals surface area contributed by atoms with Crippen LogP contribution in [0.15, 0.2) is 24.3 Å². The predicted molar refractivity (Wildman–Crippen MR) is 61.5 cm³/mol. The first kappa shape index (κ1) is 11.6. The Kier molecular flexibility index (Phi) is 4.16. The van der Waals surface area contributed by atoms with Crippen LogP contribution in [-0.4, -0.2) is 17.7 Å². The van der Waals surface area contributed by atoms with Crippen LogP contribution in [0.5, 0.6) is 0 Å². The third kappa shape index (κ3) is 3.27. The fraction of sp³-hybridized carbons (Fsp3) is 0.417. The third-order valence-corrected chi connectivity index (χ3v) is 2.28. The highest BCUT2D eigenvalue weighted by Gasteiger charge is 2.12. The summed E-state index contributed by atoms with van der Waals surface area (Å²) in [7, 11) is 0. The van der Waals surface area contributed by atoms with Crippen LogP contribution in [0.4, 0.5) is 10.5 Å². The van der Waals surface area contributed by atoms with Gasteiger partial charge in [0.25, 0.3) is 0 Å². The molecule has 15 heavy (non-hydrogen) atoms. The van der Waals surface area contributed by atoms with Crippen molar-refractivity contribution in [2.75, 3.05) is 11.4 Å². The van der Waals surface area contributed by atoms with Gasteiger partial charge in [-0.1, -0.05) is 25.5 Å². The topological polar surface area (TPSA) is 40.5 Å². The van der Waals surface area contributed by atoms with Crippen molar-refractivity contribution in [2.24, 2.45) is 0 Å². The van der Waals surface area contributed by atoms with E-state index in [1.165, 1.54) is 4.90 Å². The lowest BCUT2D eigenvalue weighted by Gasteiger charge is -2.19. The molecule has 0 aliphatic rings. The van der Waals surface area contributed by atoms with Crippen molar-refractivity contribution in [3.63, 3.8) is 0 Å². The molecule has 0 fully saturated rings. The maximum atomic E-state index is 11.0. The normalized spacial score (nSPS) is 10.0. The molecule has 0 aliphatic heterocycles. The second-order valence-electron chi connectivity index (χ2n) is 3.63. The fourth-order valence-electron chi connectivity index (χ4n) is 1.45. The van der Waals surface area contributed by atoms with E-state index >= 15 is 0 Å². The SMILES string of the molecule is CCCCN(C(=O)O)c1cccc(C)c1. The molecule has 0 bridgehead atoms. The van der Waals surface area contributed by atoms with Crippen molar-refractivity contribution >= 4 is 11.8 Å². The van der Waals surface area contributed by atoms with E-state index in [1.54, 1.807) is 0 Å². The molecule has 3 nitrogen and oxygen atoms in total. The summed E-state index contributed by atoms with van der Waals surface area (Å²) in [6, 6.07) is 7.57. The van der Waals surface area contributed by atoms with Crippen LogP contribution >= 0.6 is 0 Å². The Labute approximate surface area is 90.3 Å². The summed E-state index contributed by atoms with van der Waals surface area (Å²) in [6.07, 6.45) is 1.00. The van der Waals surface area contributed by atoms with Crippen LogP contribution in [0.3, 0.4) is 0 Å². The Morgan fingerprint density at radius 1 is 1.47 bits per heavy atom. The summed E-state index contributed by atoms with van der Waals surface area (Å²) in [6.45, 7) is 4.58. The van der Waals surface area contributed by atoms with Crippen molar-refractivity contribution in [1.82, 2.24) is 0 Å². The van der Waals surface area contributed by atoms with Crippen LogP contribution in [-0.2, 0) is 0 Å².